The predicted octanol–water partition coefficient (Wildman–Crippen LogP) is 3.38. The summed E-state index contributed by atoms with van der Waals surface area (Å²) in [6.45, 7) is 0. The summed E-state index contributed by atoms with van der Waals surface area (Å²) in [5, 5.41) is 9.84. The molecule has 0 fully saturated rings. The van der Waals surface area contributed by atoms with Crippen LogP contribution in [-0.2, 0) is 6.42 Å². The van der Waals surface area contributed by atoms with Gasteiger partial charge in [-0.2, -0.15) is 0 Å². The van der Waals surface area contributed by atoms with Gasteiger partial charge in [0.1, 0.15) is 5.82 Å². The number of benzene rings is 2. The van der Waals surface area contributed by atoms with Crippen molar-refractivity contribution in [3.63, 3.8) is 0 Å². The van der Waals surface area contributed by atoms with E-state index in [-0.39, 0.29) is 12.0 Å². The fraction of sp³-hybridized carbons (Fsp3) is 0.143. The molecule has 1 unspecified atom stereocenters. The zero-order valence-corrected chi connectivity index (χ0v) is 9.41. The maximum atomic E-state index is 13.4. The summed E-state index contributed by atoms with van der Waals surface area (Å²) < 4.78 is 39.4. The molecule has 0 aliphatic heterocycles. The van der Waals surface area contributed by atoms with Crippen LogP contribution >= 0.6 is 0 Å². The second kappa shape index (κ2) is 5.23. The molecule has 0 aromatic heterocycles. The van der Waals surface area contributed by atoms with Gasteiger partial charge >= 0.3 is 0 Å². The van der Waals surface area contributed by atoms with Crippen LogP contribution in [0.3, 0.4) is 0 Å². The van der Waals surface area contributed by atoms with Gasteiger partial charge < -0.3 is 5.11 Å². The van der Waals surface area contributed by atoms with Crippen LogP contribution in [0.5, 0.6) is 0 Å². The first-order valence-electron chi connectivity index (χ1n) is 5.44. The number of rotatable bonds is 3. The van der Waals surface area contributed by atoms with Gasteiger partial charge in [-0.05, 0) is 23.8 Å². The van der Waals surface area contributed by atoms with Crippen molar-refractivity contribution in [2.24, 2.45) is 0 Å². The first-order valence-corrected chi connectivity index (χ1v) is 5.44. The Morgan fingerprint density at radius 3 is 2.44 bits per heavy atom. The summed E-state index contributed by atoms with van der Waals surface area (Å²) in [5.41, 5.74) is 0.394. The Kier molecular flexibility index (Phi) is 3.67. The van der Waals surface area contributed by atoms with Crippen molar-refractivity contribution in [1.29, 1.82) is 0 Å². The monoisotopic (exact) mass is 252 g/mol. The highest BCUT2D eigenvalue weighted by Gasteiger charge is 2.16. The summed E-state index contributed by atoms with van der Waals surface area (Å²) in [6, 6.07) is 9.25. The van der Waals surface area contributed by atoms with E-state index in [0.29, 0.717) is 5.56 Å². The number of hydrogen-bond donors (Lipinski definition) is 1. The Balaban J connectivity index is 2.22. The van der Waals surface area contributed by atoms with Crippen molar-refractivity contribution in [1.82, 2.24) is 0 Å². The van der Waals surface area contributed by atoms with Gasteiger partial charge in [-0.1, -0.05) is 24.3 Å². The zero-order chi connectivity index (χ0) is 13.1. The molecule has 1 atom stereocenters. The average molecular weight is 252 g/mol. The minimum absolute atomic E-state index is 0.0259. The molecule has 1 nitrogen and oxygen atoms in total. The SMILES string of the molecule is OC(Cc1cccc(F)c1)c1cccc(F)c1F. The summed E-state index contributed by atoms with van der Waals surface area (Å²) in [7, 11) is 0. The van der Waals surface area contributed by atoms with Gasteiger partial charge in [0, 0.05) is 12.0 Å². The zero-order valence-electron chi connectivity index (χ0n) is 9.41. The van der Waals surface area contributed by atoms with Crippen molar-refractivity contribution in [3.8, 4) is 0 Å². The largest absolute Gasteiger partial charge is 0.388 e. The minimum Gasteiger partial charge on any atom is -0.388 e. The Hall–Kier alpha value is -1.81. The van der Waals surface area contributed by atoms with Gasteiger partial charge in [0.2, 0.25) is 0 Å². The smallest absolute Gasteiger partial charge is 0.164 e. The minimum atomic E-state index is -1.21. The van der Waals surface area contributed by atoms with E-state index in [1.165, 1.54) is 30.3 Å². The normalized spacial score (nSPS) is 12.4. The highest BCUT2D eigenvalue weighted by molar-refractivity contribution is 5.24. The van der Waals surface area contributed by atoms with Gasteiger partial charge in [0.05, 0.1) is 6.10 Å². The van der Waals surface area contributed by atoms with Crippen molar-refractivity contribution in [3.05, 3.63) is 71.0 Å². The molecule has 0 bridgehead atoms. The maximum Gasteiger partial charge on any atom is 0.164 e. The van der Waals surface area contributed by atoms with E-state index < -0.39 is 23.6 Å². The average Bonchev–Trinajstić information content (AvgIpc) is 2.32. The van der Waals surface area contributed by atoms with Gasteiger partial charge in [0.15, 0.2) is 11.6 Å². The van der Waals surface area contributed by atoms with Crippen LogP contribution < -0.4 is 0 Å². The molecule has 0 saturated heterocycles. The first kappa shape index (κ1) is 12.6. The summed E-state index contributed by atoms with van der Waals surface area (Å²) in [4.78, 5) is 0. The maximum absolute atomic E-state index is 13.4. The van der Waals surface area contributed by atoms with Crippen LogP contribution in [0.1, 0.15) is 17.2 Å². The molecule has 0 aliphatic rings. The Morgan fingerprint density at radius 2 is 1.72 bits per heavy atom. The standard InChI is InChI=1S/C14H11F3O/c15-10-4-1-3-9(7-10)8-13(18)11-5-2-6-12(16)14(11)17/h1-7,13,18H,8H2. The van der Waals surface area contributed by atoms with Crippen LogP contribution in [-0.4, -0.2) is 5.11 Å². The van der Waals surface area contributed by atoms with Crippen molar-refractivity contribution < 1.29 is 18.3 Å². The van der Waals surface area contributed by atoms with Gasteiger partial charge in [-0.15, -0.1) is 0 Å². The number of aliphatic hydroxyl groups excluding tert-OH is 1. The molecule has 18 heavy (non-hydrogen) atoms. The van der Waals surface area contributed by atoms with E-state index in [9.17, 15) is 18.3 Å². The Labute approximate surface area is 103 Å². The predicted molar refractivity (Wildman–Crippen MR) is 61.4 cm³/mol. The summed E-state index contributed by atoms with van der Waals surface area (Å²) >= 11 is 0. The van der Waals surface area contributed by atoms with Crippen molar-refractivity contribution in [2.45, 2.75) is 12.5 Å². The Morgan fingerprint density at radius 1 is 1.00 bits per heavy atom. The quantitative estimate of drug-likeness (QED) is 0.887. The number of hydrogen-bond acceptors (Lipinski definition) is 1. The van der Waals surface area contributed by atoms with E-state index in [0.717, 1.165) is 6.07 Å². The summed E-state index contributed by atoms with van der Waals surface area (Å²) in [5.74, 6) is -2.51. The topological polar surface area (TPSA) is 20.2 Å². The third kappa shape index (κ3) is 2.71. The molecule has 0 aliphatic carbocycles. The summed E-state index contributed by atoms with van der Waals surface area (Å²) in [6.07, 6.45) is -1.18. The molecule has 2 aromatic rings. The molecule has 94 valence electrons. The lowest BCUT2D eigenvalue weighted by atomic mass is 10.0. The lowest BCUT2D eigenvalue weighted by Crippen LogP contribution is -2.06. The van der Waals surface area contributed by atoms with Gasteiger partial charge in [-0.25, -0.2) is 13.2 Å². The van der Waals surface area contributed by atoms with E-state index in [1.54, 1.807) is 6.07 Å². The molecule has 0 heterocycles. The molecular weight excluding hydrogens is 241 g/mol. The van der Waals surface area contributed by atoms with Crippen LogP contribution in [0.25, 0.3) is 0 Å². The molecule has 1 N–H and O–H groups in total. The number of halogens is 3. The fourth-order valence-corrected chi connectivity index (χ4v) is 1.77. The molecule has 0 saturated carbocycles. The lowest BCUT2D eigenvalue weighted by molar-refractivity contribution is 0.172. The Bertz CT molecular complexity index is 554. The van der Waals surface area contributed by atoms with E-state index in [4.69, 9.17) is 0 Å². The van der Waals surface area contributed by atoms with Gasteiger partial charge in [0.25, 0.3) is 0 Å². The lowest BCUT2D eigenvalue weighted by Gasteiger charge is -2.12. The molecule has 4 heteroatoms. The molecule has 0 radical (unpaired) electrons. The third-order valence-corrected chi connectivity index (χ3v) is 2.66. The van der Waals surface area contributed by atoms with Gasteiger partial charge in [-0.3, -0.25) is 0 Å². The van der Waals surface area contributed by atoms with Crippen LogP contribution in [0, 0.1) is 17.5 Å². The second-order valence-corrected chi connectivity index (χ2v) is 3.99. The second-order valence-electron chi connectivity index (χ2n) is 3.99. The van der Waals surface area contributed by atoms with Crippen molar-refractivity contribution in [2.75, 3.05) is 0 Å². The fourth-order valence-electron chi connectivity index (χ4n) is 1.77. The molecule has 2 rings (SSSR count). The van der Waals surface area contributed by atoms with E-state index in [2.05, 4.69) is 0 Å². The van der Waals surface area contributed by atoms with E-state index >= 15 is 0 Å². The molecular formula is C14H11F3O. The van der Waals surface area contributed by atoms with E-state index in [1.807, 2.05) is 0 Å². The van der Waals surface area contributed by atoms with Crippen LogP contribution in [0.2, 0.25) is 0 Å². The molecule has 2 aromatic carbocycles. The van der Waals surface area contributed by atoms with Crippen LogP contribution in [0.15, 0.2) is 42.5 Å². The number of aliphatic hydroxyl groups is 1. The molecule has 0 amide bonds. The highest BCUT2D eigenvalue weighted by Crippen LogP contribution is 2.22. The van der Waals surface area contributed by atoms with Crippen LogP contribution in [0.4, 0.5) is 13.2 Å². The highest BCUT2D eigenvalue weighted by atomic mass is 19.2. The third-order valence-electron chi connectivity index (χ3n) is 2.66. The molecule has 0 spiro atoms. The van der Waals surface area contributed by atoms with Crippen molar-refractivity contribution >= 4 is 0 Å². The first-order chi connectivity index (χ1) is 8.58.